The Morgan fingerprint density at radius 1 is 1.24 bits per heavy atom. The maximum absolute atomic E-state index is 13.8. The summed E-state index contributed by atoms with van der Waals surface area (Å²) >= 11 is 0. The summed E-state index contributed by atoms with van der Waals surface area (Å²) < 4.78 is 11.5. The molecule has 10 nitrogen and oxygen atoms in total. The summed E-state index contributed by atoms with van der Waals surface area (Å²) in [4.78, 5) is 46.8. The highest BCUT2D eigenvalue weighted by Gasteiger charge is 2.57. The summed E-state index contributed by atoms with van der Waals surface area (Å²) in [6.07, 6.45) is 1.82. The van der Waals surface area contributed by atoms with Crippen molar-refractivity contribution >= 4 is 17.9 Å². The van der Waals surface area contributed by atoms with E-state index in [1.54, 1.807) is 36.9 Å². The number of rotatable bonds is 9. The summed E-state index contributed by atoms with van der Waals surface area (Å²) in [6, 6.07) is 14.3. The van der Waals surface area contributed by atoms with Gasteiger partial charge in [0.15, 0.2) is 0 Å². The van der Waals surface area contributed by atoms with Crippen molar-refractivity contribution in [1.82, 2.24) is 20.1 Å². The van der Waals surface area contributed by atoms with Gasteiger partial charge >= 0.3 is 6.09 Å². The molecule has 1 aromatic heterocycles. The molecule has 2 fully saturated rings. The lowest BCUT2D eigenvalue weighted by atomic mass is 9.81. The number of nitrogens with one attached hydrogen (secondary N) is 1. The number of benzene rings is 1. The molecule has 198 valence electrons. The smallest absolute Gasteiger partial charge is 0.410 e. The van der Waals surface area contributed by atoms with Crippen LogP contribution in [-0.2, 0) is 32.1 Å². The first-order valence-corrected chi connectivity index (χ1v) is 12.4. The molecule has 2 aliphatic heterocycles. The van der Waals surface area contributed by atoms with Crippen molar-refractivity contribution in [2.24, 2.45) is 5.73 Å². The van der Waals surface area contributed by atoms with Crippen LogP contribution in [0.15, 0.2) is 54.7 Å². The Morgan fingerprint density at radius 3 is 2.65 bits per heavy atom. The third-order valence-electron chi connectivity index (χ3n) is 7.02. The predicted octanol–water partition coefficient (Wildman–Crippen LogP) is 1.48. The molecule has 2 unspecified atom stereocenters. The van der Waals surface area contributed by atoms with Crippen LogP contribution in [0.25, 0.3) is 0 Å². The van der Waals surface area contributed by atoms with Gasteiger partial charge in [0.1, 0.15) is 17.7 Å². The summed E-state index contributed by atoms with van der Waals surface area (Å²) in [5.74, 6) is -0.749. The van der Waals surface area contributed by atoms with Gasteiger partial charge in [-0.05, 0) is 31.5 Å². The van der Waals surface area contributed by atoms with E-state index in [1.807, 2.05) is 48.5 Å². The van der Waals surface area contributed by atoms with E-state index in [1.165, 1.54) is 0 Å². The van der Waals surface area contributed by atoms with Crippen molar-refractivity contribution in [1.29, 1.82) is 0 Å². The molecule has 2 aliphatic rings. The largest absolute Gasteiger partial charge is 0.443 e. The lowest BCUT2D eigenvalue weighted by molar-refractivity contribution is -0.143. The molecule has 0 radical (unpaired) electrons. The van der Waals surface area contributed by atoms with Crippen LogP contribution in [0.5, 0.6) is 0 Å². The van der Waals surface area contributed by atoms with Crippen LogP contribution in [-0.4, -0.2) is 82.7 Å². The molecule has 3 N–H and O–H groups in total. The van der Waals surface area contributed by atoms with Crippen LogP contribution in [0.2, 0.25) is 0 Å². The van der Waals surface area contributed by atoms with E-state index in [9.17, 15) is 14.4 Å². The van der Waals surface area contributed by atoms with Crippen LogP contribution >= 0.6 is 0 Å². The average molecular weight is 510 g/mol. The molecule has 1 aromatic carbocycles. The second kappa shape index (κ2) is 10.9. The fraction of sp³-hybridized carbons (Fsp3) is 0.481. The number of amides is 3. The van der Waals surface area contributed by atoms with Crippen molar-refractivity contribution in [3.8, 4) is 0 Å². The van der Waals surface area contributed by atoms with Gasteiger partial charge in [-0.25, -0.2) is 4.79 Å². The Bertz CT molecular complexity index is 1110. The van der Waals surface area contributed by atoms with Crippen LogP contribution in [0.4, 0.5) is 4.79 Å². The minimum Gasteiger partial charge on any atom is -0.443 e. The van der Waals surface area contributed by atoms with Gasteiger partial charge in [0, 0.05) is 44.9 Å². The summed E-state index contributed by atoms with van der Waals surface area (Å²) in [6.45, 7) is 4.06. The first kappa shape index (κ1) is 26.6. The highest BCUT2D eigenvalue weighted by Crippen LogP contribution is 2.38. The van der Waals surface area contributed by atoms with Crippen molar-refractivity contribution in [3.05, 3.63) is 66.0 Å². The molecule has 0 bridgehead atoms. The van der Waals surface area contributed by atoms with Gasteiger partial charge in [0.2, 0.25) is 11.8 Å². The van der Waals surface area contributed by atoms with Crippen molar-refractivity contribution in [2.75, 3.05) is 26.7 Å². The number of aromatic nitrogens is 1. The number of likely N-dealkylation sites (N-methyl/N-ethyl adjacent to an activating group) is 1. The second-order valence-corrected chi connectivity index (χ2v) is 10.3. The molecule has 37 heavy (non-hydrogen) atoms. The molecular formula is C27H35N5O5. The maximum atomic E-state index is 13.8. The van der Waals surface area contributed by atoms with E-state index >= 15 is 0 Å². The Labute approximate surface area is 217 Å². The number of carbonyl (C=O) groups is 3. The molecule has 0 aliphatic carbocycles. The molecule has 10 heteroatoms. The van der Waals surface area contributed by atoms with E-state index in [-0.39, 0.29) is 25.2 Å². The number of nitrogens with zero attached hydrogens (tertiary/aromatic N) is 3. The molecule has 2 saturated heterocycles. The molecule has 3 heterocycles. The van der Waals surface area contributed by atoms with Gasteiger partial charge in [-0.1, -0.05) is 36.4 Å². The van der Waals surface area contributed by atoms with Gasteiger partial charge in [0.25, 0.3) is 0 Å². The first-order valence-electron chi connectivity index (χ1n) is 12.4. The number of hydrogen-bond acceptors (Lipinski definition) is 7. The first-order chi connectivity index (χ1) is 17.6. The monoisotopic (exact) mass is 509 g/mol. The van der Waals surface area contributed by atoms with Crippen molar-refractivity contribution in [3.63, 3.8) is 0 Å². The Kier molecular flexibility index (Phi) is 7.79. The van der Waals surface area contributed by atoms with E-state index in [4.69, 9.17) is 15.2 Å². The van der Waals surface area contributed by atoms with E-state index < -0.39 is 29.1 Å². The number of nitrogens with two attached hydrogens (primary N) is 1. The van der Waals surface area contributed by atoms with Gasteiger partial charge in [-0.15, -0.1) is 0 Å². The Balaban J connectivity index is 1.53. The summed E-state index contributed by atoms with van der Waals surface area (Å²) in [5, 5.41) is 2.78. The SMILES string of the molecule is CN1C(=O)OC2CCN(C(=O)[C@@H](COCc3ccccc3)NC(=O)C(C)(C)N)CC21Cc1ccccn1. The zero-order valence-electron chi connectivity index (χ0n) is 21.6. The molecule has 0 spiro atoms. The van der Waals surface area contributed by atoms with Crippen LogP contribution in [0.1, 0.15) is 31.5 Å². The predicted molar refractivity (Wildman–Crippen MR) is 136 cm³/mol. The number of piperidine rings is 1. The van der Waals surface area contributed by atoms with Gasteiger partial charge in [-0.3, -0.25) is 19.5 Å². The van der Waals surface area contributed by atoms with Crippen LogP contribution < -0.4 is 11.1 Å². The minimum absolute atomic E-state index is 0.0199. The molecular weight excluding hydrogens is 474 g/mol. The number of ether oxygens (including phenoxy) is 2. The zero-order valence-corrected chi connectivity index (χ0v) is 21.6. The molecule has 2 aromatic rings. The number of carbonyl (C=O) groups excluding carboxylic acids is 3. The average Bonchev–Trinajstić information content (AvgIpc) is 3.12. The number of likely N-dealkylation sites (tertiary alicyclic amines) is 1. The molecule has 3 atom stereocenters. The number of pyridine rings is 1. The normalized spacial score (nSPS) is 22.3. The van der Waals surface area contributed by atoms with E-state index in [0.717, 1.165) is 11.3 Å². The lowest BCUT2D eigenvalue weighted by Crippen LogP contribution is -2.66. The van der Waals surface area contributed by atoms with Crippen molar-refractivity contribution < 1.29 is 23.9 Å². The van der Waals surface area contributed by atoms with Crippen molar-refractivity contribution in [2.45, 2.75) is 56.5 Å². The van der Waals surface area contributed by atoms with Gasteiger partial charge < -0.3 is 25.4 Å². The molecule has 4 rings (SSSR count). The van der Waals surface area contributed by atoms with Gasteiger partial charge in [-0.2, -0.15) is 0 Å². The molecule has 0 saturated carbocycles. The third-order valence-corrected chi connectivity index (χ3v) is 7.02. The fourth-order valence-electron chi connectivity index (χ4n) is 4.83. The quantitative estimate of drug-likeness (QED) is 0.524. The topological polar surface area (TPSA) is 127 Å². The Morgan fingerprint density at radius 2 is 1.97 bits per heavy atom. The second-order valence-electron chi connectivity index (χ2n) is 10.3. The van der Waals surface area contributed by atoms with Crippen LogP contribution in [0, 0.1) is 0 Å². The number of fused-ring (bicyclic) bond motifs is 1. The fourth-order valence-corrected chi connectivity index (χ4v) is 4.83. The van der Waals surface area contributed by atoms with Crippen LogP contribution in [0.3, 0.4) is 0 Å². The van der Waals surface area contributed by atoms with Gasteiger partial charge in [0.05, 0.1) is 18.8 Å². The Hall–Kier alpha value is -3.50. The summed E-state index contributed by atoms with van der Waals surface area (Å²) in [5.41, 5.74) is 5.80. The lowest BCUT2D eigenvalue weighted by Gasteiger charge is -2.46. The third kappa shape index (κ3) is 5.91. The maximum Gasteiger partial charge on any atom is 0.410 e. The van der Waals surface area contributed by atoms with E-state index in [0.29, 0.717) is 26.0 Å². The minimum atomic E-state index is -1.17. The highest BCUT2D eigenvalue weighted by molar-refractivity contribution is 5.91. The standard InChI is InChI=1S/C27H35N5O5/c1-26(2,28)24(34)30-21(17-36-16-19-9-5-4-6-10-19)23(33)32-14-12-22-27(18-32,31(3)25(35)37-22)15-20-11-7-8-13-29-20/h4-11,13,21-22H,12,14-18,28H2,1-3H3,(H,30,34)/t21-,22?,27?/m1/s1. The zero-order chi connectivity index (χ0) is 26.6. The number of hydrogen-bond donors (Lipinski definition) is 2. The summed E-state index contributed by atoms with van der Waals surface area (Å²) in [7, 11) is 1.69. The van der Waals surface area contributed by atoms with E-state index in [2.05, 4.69) is 10.3 Å². The molecule has 3 amide bonds. The highest BCUT2D eigenvalue weighted by atomic mass is 16.6.